The predicted octanol–water partition coefficient (Wildman–Crippen LogP) is 1.94. The van der Waals surface area contributed by atoms with Gasteiger partial charge in [-0.1, -0.05) is 19.1 Å². The van der Waals surface area contributed by atoms with Crippen LogP contribution in [0.1, 0.15) is 13.3 Å². The molecule has 2 heterocycles. The minimum absolute atomic E-state index is 0.647. The molecule has 1 N–H and O–H groups in total. The van der Waals surface area contributed by atoms with E-state index in [1.807, 2.05) is 0 Å². The van der Waals surface area contributed by atoms with Gasteiger partial charge in [-0.05, 0) is 31.0 Å². The lowest BCUT2D eigenvalue weighted by Gasteiger charge is -2.45. The van der Waals surface area contributed by atoms with Crippen LogP contribution < -0.4 is 15.1 Å². The fraction of sp³-hybridized carbons (Fsp3) is 0.600. The Labute approximate surface area is 110 Å². The molecule has 2 unspecified atom stereocenters. The Morgan fingerprint density at radius 3 is 2.72 bits per heavy atom. The third-order valence-corrected chi connectivity index (χ3v) is 4.47. The monoisotopic (exact) mass is 245 g/mol. The van der Waals surface area contributed by atoms with Crippen molar-refractivity contribution in [1.82, 2.24) is 5.32 Å². The number of fused-ring (bicyclic) bond motifs is 1. The molecule has 3 nitrogen and oxygen atoms in total. The number of benzene rings is 1. The Bertz CT molecular complexity index is 418. The Kier molecular flexibility index (Phi) is 3.16. The Morgan fingerprint density at radius 2 is 1.94 bits per heavy atom. The molecule has 1 aromatic carbocycles. The minimum atomic E-state index is 0.647. The van der Waals surface area contributed by atoms with Gasteiger partial charge in [0.15, 0.2) is 0 Å². The van der Waals surface area contributed by atoms with E-state index < -0.39 is 0 Å². The highest BCUT2D eigenvalue weighted by Gasteiger charge is 2.31. The number of piperidine rings is 1. The smallest absolute Gasteiger partial charge is 0.0607 e. The summed E-state index contributed by atoms with van der Waals surface area (Å²) in [6, 6.07) is 9.45. The van der Waals surface area contributed by atoms with E-state index >= 15 is 0 Å². The highest BCUT2D eigenvalue weighted by Crippen LogP contribution is 2.35. The molecule has 0 aliphatic carbocycles. The van der Waals surface area contributed by atoms with E-state index in [4.69, 9.17) is 0 Å². The van der Waals surface area contributed by atoms with Gasteiger partial charge in [0.1, 0.15) is 0 Å². The molecule has 18 heavy (non-hydrogen) atoms. The number of anilines is 2. The standard InChI is InChI=1S/C15H23N3/c1-12-7-8-16-11-15(12)18-10-9-17(2)13-5-3-4-6-14(13)18/h3-6,12,15-16H,7-11H2,1-2H3. The fourth-order valence-corrected chi connectivity index (χ4v) is 3.26. The van der Waals surface area contributed by atoms with Crippen LogP contribution in [0.25, 0.3) is 0 Å². The molecule has 0 amide bonds. The number of nitrogens with zero attached hydrogens (tertiary/aromatic N) is 2. The zero-order valence-corrected chi connectivity index (χ0v) is 11.4. The Balaban J connectivity index is 1.91. The first kappa shape index (κ1) is 11.8. The van der Waals surface area contributed by atoms with Crippen LogP contribution in [0.2, 0.25) is 0 Å². The summed E-state index contributed by atoms with van der Waals surface area (Å²) in [5.74, 6) is 0.780. The largest absolute Gasteiger partial charge is 0.371 e. The van der Waals surface area contributed by atoms with Crippen LogP contribution in [0.4, 0.5) is 11.4 Å². The third-order valence-electron chi connectivity index (χ3n) is 4.47. The molecule has 1 aromatic rings. The second-order valence-corrected chi connectivity index (χ2v) is 5.64. The van der Waals surface area contributed by atoms with Crippen molar-refractivity contribution in [3.63, 3.8) is 0 Å². The summed E-state index contributed by atoms with van der Waals surface area (Å²) in [4.78, 5) is 4.99. The van der Waals surface area contributed by atoms with E-state index in [0.717, 1.165) is 25.6 Å². The van der Waals surface area contributed by atoms with Gasteiger partial charge in [0.05, 0.1) is 11.4 Å². The molecule has 2 atom stereocenters. The number of hydrogen-bond donors (Lipinski definition) is 1. The lowest BCUT2D eigenvalue weighted by atomic mass is 9.92. The molecule has 3 heteroatoms. The van der Waals surface area contributed by atoms with Crippen molar-refractivity contribution >= 4 is 11.4 Å². The average Bonchev–Trinajstić information content (AvgIpc) is 2.41. The first-order chi connectivity index (χ1) is 8.77. The molecule has 0 bridgehead atoms. The molecule has 2 aliphatic heterocycles. The second-order valence-electron chi connectivity index (χ2n) is 5.64. The lowest BCUT2D eigenvalue weighted by molar-refractivity contribution is 0.329. The first-order valence-corrected chi connectivity index (χ1v) is 7.05. The van der Waals surface area contributed by atoms with Crippen molar-refractivity contribution in [3.05, 3.63) is 24.3 Å². The van der Waals surface area contributed by atoms with Crippen molar-refractivity contribution in [1.29, 1.82) is 0 Å². The third kappa shape index (κ3) is 1.97. The maximum Gasteiger partial charge on any atom is 0.0607 e. The maximum atomic E-state index is 3.55. The topological polar surface area (TPSA) is 18.5 Å². The van der Waals surface area contributed by atoms with Gasteiger partial charge in [-0.3, -0.25) is 0 Å². The van der Waals surface area contributed by atoms with Gasteiger partial charge in [0.25, 0.3) is 0 Å². The van der Waals surface area contributed by atoms with Crippen LogP contribution >= 0.6 is 0 Å². The van der Waals surface area contributed by atoms with Crippen molar-refractivity contribution in [3.8, 4) is 0 Å². The highest BCUT2D eigenvalue weighted by molar-refractivity contribution is 5.73. The predicted molar refractivity (Wildman–Crippen MR) is 77.5 cm³/mol. The van der Waals surface area contributed by atoms with Gasteiger partial charge < -0.3 is 15.1 Å². The lowest BCUT2D eigenvalue weighted by Crippen LogP contribution is -2.54. The molecule has 2 aliphatic rings. The van der Waals surface area contributed by atoms with Crippen LogP contribution in [0, 0.1) is 5.92 Å². The van der Waals surface area contributed by atoms with Gasteiger partial charge in [-0.2, -0.15) is 0 Å². The molecular formula is C15H23N3. The number of para-hydroxylation sites is 2. The average molecular weight is 245 g/mol. The van der Waals surface area contributed by atoms with Crippen molar-refractivity contribution in [2.24, 2.45) is 5.92 Å². The van der Waals surface area contributed by atoms with Crippen LogP contribution in [-0.4, -0.2) is 39.3 Å². The number of likely N-dealkylation sites (N-methyl/N-ethyl adjacent to an activating group) is 1. The highest BCUT2D eigenvalue weighted by atomic mass is 15.3. The maximum absolute atomic E-state index is 3.55. The molecule has 0 radical (unpaired) electrons. The molecule has 0 saturated carbocycles. The van der Waals surface area contributed by atoms with Crippen molar-refractivity contribution in [2.75, 3.05) is 43.0 Å². The van der Waals surface area contributed by atoms with Gasteiger partial charge in [0.2, 0.25) is 0 Å². The van der Waals surface area contributed by atoms with Gasteiger partial charge in [-0.25, -0.2) is 0 Å². The zero-order chi connectivity index (χ0) is 12.5. The minimum Gasteiger partial charge on any atom is -0.371 e. The van der Waals surface area contributed by atoms with Gasteiger partial charge in [-0.15, -0.1) is 0 Å². The summed E-state index contributed by atoms with van der Waals surface area (Å²) in [6.07, 6.45) is 1.29. The van der Waals surface area contributed by atoms with Crippen LogP contribution in [0.5, 0.6) is 0 Å². The quantitative estimate of drug-likeness (QED) is 0.816. The first-order valence-electron chi connectivity index (χ1n) is 7.05. The van der Waals surface area contributed by atoms with Crippen LogP contribution in [0.3, 0.4) is 0 Å². The molecule has 98 valence electrons. The summed E-state index contributed by atoms with van der Waals surface area (Å²) in [7, 11) is 2.19. The molecule has 3 rings (SSSR count). The van der Waals surface area contributed by atoms with Gasteiger partial charge >= 0.3 is 0 Å². The number of hydrogen-bond acceptors (Lipinski definition) is 3. The Morgan fingerprint density at radius 1 is 1.17 bits per heavy atom. The van der Waals surface area contributed by atoms with E-state index in [-0.39, 0.29) is 0 Å². The summed E-state index contributed by atoms with van der Waals surface area (Å²) in [5, 5.41) is 3.55. The number of nitrogens with one attached hydrogen (secondary N) is 1. The summed E-state index contributed by atoms with van der Waals surface area (Å²) >= 11 is 0. The molecule has 1 fully saturated rings. The number of rotatable bonds is 1. The van der Waals surface area contributed by atoms with Gasteiger partial charge in [0, 0.05) is 32.7 Å². The molecular weight excluding hydrogens is 222 g/mol. The summed E-state index contributed by atoms with van der Waals surface area (Å²) in [6.45, 7) is 6.96. The molecule has 1 saturated heterocycles. The summed E-state index contributed by atoms with van der Waals surface area (Å²) in [5.41, 5.74) is 2.79. The van der Waals surface area contributed by atoms with E-state index in [2.05, 4.69) is 53.4 Å². The zero-order valence-electron chi connectivity index (χ0n) is 11.4. The SMILES string of the molecule is CC1CCNCC1N1CCN(C)c2ccccc21. The van der Waals surface area contributed by atoms with E-state index in [9.17, 15) is 0 Å². The molecule has 0 spiro atoms. The second kappa shape index (κ2) is 4.81. The Hall–Kier alpha value is -1.22. The fourth-order valence-electron chi connectivity index (χ4n) is 3.26. The van der Waals surface area contributed by atoms with Crippen LogP contribution in [-0.2, 0) is 0 Å². The van der Waals surface area contributed by atoms with Crippen LogP contribution in [0.15, 0.2) is 24.3 Å². The molecule has 0 aromatic heterocycles. The normalized spacial score (nSPS) is 28.1. The van der Waals surface area contributed by atoms with E-state index in [0.29, 0.717) is 6.04 Å². The van der Waals surface area contributed by atoms with Crippen molar-refractivity contribution in [2.45, 2.75) is 19.4 Å². The summed E-state index contributed by atoms with van der Waals surface area (Å²) < 4.78 is 0. The van der Waals surface area contributed by atoms with E-state index in [1.54, 1.807) is 0 Å². The van der Waals surface area contributed by atoms with E-state index in [1.165, 1.54) is 24.3 Å². The van der Waals surface area contributed by atoms with Crippen molar-refractivity contribution < 1.29 is 0 Å².